The lowest BCUT2D eigenvalue weighted by atomic mass is 10.2. The third kappa shape index (κ3) is 3.31. The molecule has 0 saturated heterocycles. The highest BCUT2D eigenvalue weighted by Crippen LogP contribution is 2.23. The van der Waals surface area contributed by atoms with E-state index in [1.54, 1.807) is 18.3 Å². The number of nitriles is 1. The SMILES string of the molecule is N#Cc1ccc(O[C@H]2CN(C(=O)C3=CCCC3)Cc3ccnn3C2)nc1. The number of nitrogens with zero attached hydrogens (tertiary/aromatic N) is 5. The van der Waals surface area contributed by atoms with Gasteiger partial charge in [-0.05, 0) is 31.4 Å². The van der Waals surface area contributed by atoms with E-state index in [1.165, 1.54) is 6.20 Å². The molecule has 1 aliphatic carbocycles. The number of fused-ring (bicyclic) bond motifs is 1. The Morgan fingerprint density at radius 2 is 2.23 bits per heavy atom. The molecule has 1 aliphatic heterocycles. The molecule has 2 aliphatic rings. The van der Waals surface area contributed by atoms with E-state index in [1.807, 2.05) is 27.8 Å². The quantitative estimate of drug-likeness (QED) is 0.847. The van der Waals surface area contributed by atoms with Gasteiger partial charge in [-0.3, -0.25) is 9.48 Å². The fraction of sp³-hybridized carbons (Fsp3) is 0.368. The predicted molar refractivity (Wildman–Crippen MR) is 92.9 cm³/mol. The Balaban J connectivity index is 1.55. The van der Waals surface area contributed by atoms with E-state index in [2.05, 4.69) is 10.1 Å². The number of carbonyl (C=O) groups is 1. The Hall–Kier alpha value is -3.14. The van der Waals surface area contributed by atoms with Crippen LogP contribution >= 0.6 is 0 Å². The van der Waals surface area contributed by atoms with Gasteiger partial charge in [0.25, 0.3) is 0 Å². The minimum atomic E-state index is -0.262. The molecule has 0 fully saturated rings. The van der Waals surface area contributed by atoms with Gasteiger partial charge in [-0.1, -0.05) is 6.08 Å². The Bertz CT molecular complexity index is 878. The van der Waals surface area contributed by atoms with Gasteiger partial charge in [0.1, 0.15) is 12.2 Å². The topological polar surface area (TPSA) is 84.0 Å². The fourth-order valence-corrected chi connectivity index (χ4v) is 3.40. The van der Waals surface area contributed by atoms with E-state index >= 15 is 0 Å². The molecule has 7 heteroatoms. The van der Waals surface area contributed by atoms with Crippen molar-refractivity contribution in [2.45, 2.75) is 38.5 Å². The third-order valence-electron chi connectivity index (χ3n) is 4.71. The molecule has 26 heavy (non-hydrogen) atoms. The van der Waals surface area contributed by atoms with Gasteiger partial charge >= 0.3 is 0 Å². The summed E-state index contributed by atoms with van der Waals surface area (Å²) < 4.78 is 7.89. The van der Waals surface area contributed by atoms with Crippen molar-refractivity contribution < 1.29 is 9.53 Å². The van der Waals surface area contributed by atoms with Crippen LogP contribution in [0.4, 0.5) is 0 Å². The van der Waals surface area contributed by atoms with Gasteiger partial charge in [0.15, 0.2) is 0 Å². The number of allylic oxidation sites excluding steroid dienone is 1. The minimum absolute atomic E-state index is 0.0820. The summed E-state index contributed by atoms with van der Waals surface area (Å²) >= 11 is 0. The van der Waals surface area contributed by atoms with Crippen LogP contribution in [0.2, 0.25) is 0 Å². The molecule has 2 aromatic heterocycles. The van der Waals surface area contributed by atoms with E-state index in [4.69, 9.17) is 10.00 Å². The van der Waals surface area contributed by atoms with E-state index in [0.717, 1.165) is 30.5 Å². The second kappa shape index (κ2) is 7.00. The average Bonchev–Trinajstić information content (AvgIpc) is 3.31. The van der Waals surface area contributed by atoms with Gasteiger partial charge in [0.2, 0.25) is 11.8 Å². The Morgan fingerprint density at radius 3 is 2.96 bits per heavy atom. The highest BCUT2D eigenvalue weighted by Gasteiger charge is 2.29. The number of rotatable bonds is 3. The smallest absolute Gasteiger partial charge is 0.249 e. The molecule has 132 valence electrons. The van der Waals surface area contributed by atoms with E-state index < -0.39 is 0 Å². The summed E-state index contributed by atoms with van der Waals surface area (Å²) in [6, 6.07) is 7.33. The van der Waals surface area contributed by atoms with Gasteiger partial charge in [0.05, 0.1) is 30.9 Å². The van der Waals surface area contributed by atoms with Crippen molar-refractivity contribution in [3.63, 3.8) is 0 Å². The molecule has 0 radical (unpaired) electrons. The maximum Gasteiger partial charge on any atom is 0.249 e. The largest absolute Gasteiger partial charge is 0.470 e. The molecule has 3 heterocycles. The first kappa shape index (κ1) is 16.3. The Labute approximate surface area is 151 Å². The van der Waals surface area contributed by atoms with Crippen molar-refractivity contribution in [2.75, 3.05) is 6.54 Å². The number of ether oxygens (including phenoxy) is 1. The zero-order valence-corrected chi connectivity index (χ0v) is 14.3. The second-order valence-electron chi connectivity index (χ2n) is 6.55. The zero-order valence-electron chi connectivity index (χ0n) is 14.3. The Kier molecular flexibility index (Phi) is 4.40. The maximum absolute atomic E-state index is 12.9. The summed E-state index contributed by atoms with van der Waals surface area (Å²) in [5, 5.41) is 13.2. The van der Waals surface area contributed by atoms with Crippen LogP contribution in [-0.4, -0.2) is 38.2 Å². The molecule has 7 nitrogen and oxygen atoms in total. The van der Waals surface area contributed by atoms with Crippen LogP contribution in [0.5, 0.6) is 5.88 Å². The van der Waals surface area contributed by atoms with Crippen LogP contribution in [0.1, 0.15) is 30.5 Å². The molecular formula is C19H19N5O2. The lowest BCUT2D eigenvalue weighted by molar-refractivity contribution is -0.128. The van der Waals surface area contributed by atoms with Crippen molar-refractivity contribution >= 4 is 5.91 Å². The van der Waals surface area contributed by atoms with Crippen molar-refractivity contribution in [1.82, 2.24) is 19.7 Å². The molecule has 0 bridgehead atoms. The number of amides is 1. The lowest BCUT2D eigenvalue weighted by Crippen LogP contribution is -2.39. The van der Waals surface area contributed by atoms with Gasteiger partial charge in [-0.15, -0.1) is 0 Å². The van der Waals surface area contributed by atoms with Crippen LogP contribution in [0.15, 0.2) is 42.2 Å². The van der Waals surface area contributed by atoms with Crippen LogP contribution < -0.4 is 4.74 Å². The second-order valence-corrected chi connectivity index (χ2v) is 6.55. The highest BCUT2D eigenvalue weighted by molar-refractivity contribution is 5.93. The number of aromatic nitrogens is 3. The first-order chi connectivity index (χ1) is 12.7. The molecule has 1 atom stereocenters. The monoisotopic (exact) mass is 349 g/mol. The van der Waals surface area contributed by atoms with Crippen molar-refractivity contribution in [3.05, 3.63) is 53.5 Å². The third-order valence-corrected chi connectivity index (χ3v) is 4.71. The maximum atomic E-state index is 12.9. The van der Waals surface area contributed by atoms with Crippen molar-refractivity contribution in [3.8, 4) is 11.9 Å². The standard InChI is InChI=1S/C19H19N5O2/c20-9-14-5-6-18(21-10-14)26-17-12-23(19(25)15-3-1-2-4-15)11-16-7-8-22-24(16)13-17/h3,5-8,10,17H,1-2,4,11-13H2/t17-/m0/s1. The molecule has 2 aromatic rings. The summed E-state index contributed by atoms with van der Waals surface area (Å²) in [4.78, 5) is 18.9. The average molecular weight is 349 g/mol. The van der Waals surface area contributed by atoms with Crippen LogP contribution in [0.3, 0.4) is 0 Å². The summed E-state index contributed by atoms with van der Waals surface area (Å²) in [5.41, 5.74) is 2.38. The summed E-state index contributed by atoms with van der Waals surface area (Å²) in [7, 11) is 0. The van der Waals surface area contributed by atoms with Crippen molar-refractivity contribution in [2.24, 2.45) is 0 Å². The number of pyridine rings is 1. The molecule has 4 rings (SSSR count). The van der Waals surface area contributed by atoms with Gasteiger partial charge in [0, 0.05) is 24.0 Å². The van der Waals surface area contributed by atoms with Gasteiger partial charge in [-0.25, -0.2) is 4.98 Å². The Morgan fingerprint density at radius 1 is 1.31 bits per heavy atom. The zero-order chi connectivity index (χ0) is 17.9. The predicted octanol–water partition coefficient (Wildman–Crippen LogP) is 2.05. The van der Waals surface area contributed by atoms with Gasteiger partial charge < -0.3 is 9.64 Å². The molecule has 0 saturated carbocycles. The number of carbonyl (C=O) groups excluding carboxylic acids is 1. The fourth-order valence-electron chi connectivity index (χ4n) is 3.40. The number of hydrogen-bond acceptors (Lipinski definition) is 5. The summed E-state index contributed by atoms with van der Waals surface area (Å²) in [6.07, 6.45) is 7.87. The minimum Gasteiger partial charge on any atom is -0.470 e. The van der Waals surface area contributed by atoms with Crippen molar-refractivity contribution in [1.29, 1.82) is 5.26 Å². The van der Waals surface area contributed by atoms with Crippen LogP contribution in [0, 0.1) is 11.3 Å². The molecule has 0 N–H and O–H groups in total. The molecule has 1 amide bonds. The van der Waals surface area contributed by atoms with Crippen LogP contribution in [0.25, 0.3) is 0 Å². The summed E-state index contributed by atoms with van der Waals surface area (Å²) in [5.74, 6) is 0.524. The lowest BCUT2D eigenvalue weighted by Gasteiger charge is -2.25. The molecule has 0 spiro atoms. The van der Waals surface area contributed by atoms with Gasteiger partial charge in [-0.2, -0.15) is 10.4 Å². The van der Waals surface area contributed by atoms with Crippen LogP contribution in [-0.2, 0) is 17.9 Å². The number of hydrogen-bond donors (Lipinski definition) is 0. The van der Waals surface area contributed by atoms with E-state index in [0.29, 0.717) is 31.1 Å². The highest BCUT2D eigenvalue weighted by atomic mass is 16.5. The first-order valence-corrected chi connectivity index (χ1v) is 8.75. The van der Waals surface area contributed by atoms with E-state index in [9.17, 15) is 4.79 Å². The molecule has 0 unspecified atom stereocenters. The first-order valence-electron chi connectivity index (χ1n) is 8.75. The van der Waals surface area contributed by atoms with E-state index in [-0.39, 0.29) is 12.0 Å². The molecular weight excluding hydrogens is 330 g/mol. The normalized spacial score (nSPS) is 19.3. The summed E-state index contributed by atoms with van der Waals surface area (Å²) in [6.45, 7) is 1.55. The molecule has 0 aromatic carbocycles.